The number of amides is 2. The van der Waals surface area contributed by atoms with E-state index in [1.165, 1.54) is 0 Å². The Kier molecular flexibility index (Phi) is 5.63. The summed E-state index contributed by atoms with van der Waals surface area (Å²) in [5, 5.41) is 7.12. The summed E-state index contributed by atoms with van der Waals surface area (Å²) < 4.78 is 31.4. The molecule has 1 aromatic rings. The second-order valence-corrected chi connectivity index (χ2v) is 8.84. The van der Waals surface area contributed by atoms with Crippen LogP contribution in [0.2, 0.25) is 0 Å². The molecule has 2 atom stereocenters. The summed E-state index contributed by atoms with van der Waals surface area (Å²) in [7, 11) is -3.16. The molecule has 1 aromatic heterocycles. The van der Waals surface area contributed by atoms with Crippen LogP contribution in [-0.2, 0) is 21.1 Å². The first-order valence-electron chi connectivity index (χ1n) is 8.87. The molecular weight excluding hydrogens is 344 g/mol. The molecule has 9 heteroatoms. The van der Waals surface area contributed by atoms with Crippen LogP contribution in [-0.4, -0.2) is 66.4 Å². The first kappa shape index (κ1) is 18.2. The van der Waals surface area contributed by atoms with Crippen molar-refractivity contribution in [1.29, 1.82) is 0 Å². The molecule has 8 nitrogen and oxygen atoms in total. The number of hydrogen-bond acceptors (Lipinski definition) is 5. The predicted octanol–water partition coefficient (Wildman–Crippen LogP) is 0.953. The van der Waals surface area contributed by atoms with Gasteiger partial charge in [0.2, 0.25) is 0 Å². The molecule has 140 valence electrons. The maximum absolute atomic E-state index is 12.6. The molecule has 25 heavy (non-hydrogen) atoms. The summed E-state index contributed by atoms with van der Waals surface area (Å²) in [5.74, 6) is -0.0495. The first-order valence-corrected chi connectivity index (χ1v) is 10.7. The topological polar surface area (TPSA) is 93.5 Å². The quantitative estimate of drug-likeness (QED) is 0.833. The van der Waals surface area contributed by atoms with Gasteiger partial charge in [-0.15, -0.1) is 0 Å². The number of hydrogen-bond donors (Lipinski definition) is 1. The highest BCUT2D eigenvalue weighted by Gasteiger charge is 2.35. The molecule has 3 heterocycles. The van der Waals surface area contributed by atoms with E-state index in [0.717, 1.165) is 31.4 Å². The van der Waals surface area contributed by atoms with Gasteiger partial charge in [-0.2, -0.15) is 5.10 Å². The van der Waals surface area contributed by atoms with E-state index < -0.39 is 15.9 Å². The van der Waals surface area contributed by atoms with Crippen LogP contribution in [0.25, 0.3) is 0 Å². The van der Waals surface area contributed by atoms with Gasteiger partial charge in [0.15, 0.2) is 9.84 Å². The lowest BCUT2D eigenvalue weighted by Crippen LogP contribution is -2.50. The number of carbonyl (C=O) groups is 1. The summed E-state index contributed by atoms with van der Waals surface area (Å²) >= 11 is 0. The number of urea groups is 1. The lowest BCUT2D eigenvalue weighted by Gasteiger charge is -2.35. The minimum absolute atomic E-state index is 0.00453. The van der Waals surface area contributed by atoms with Crippen LogP contribution in [0, 0.1) is 0 Å². The molecule has 3 rings (SSSR count). The summed E-state index contributed by atoms with van der Waals surface area (Å²) in [6.07, 6.45) is 6.60. The number of carbonyl (C=O) groups excluding carboxylic acids is 1. The van der Waals surface area contributed by atoms with E-state index in [2.05, 4.69) is 10.4 Å². The molecule has 0 aliphatic carbocycles. The van der Waals surface area contributed by atoms with Gasteiger partial charge in [0.1, 0.15) is 0 Å². The third kappa shape index (κ3) is 4.52. The highest BCUT2D eigenvalue weighted by Crippen LogP contribution is 2.26. The van der Waals surface area contributed by atoms with E-state index in [-0.39, 0.29) is 30.2 Å². The molecule has 2 aliphatic heterocycles. The molecule has 2 amide bonds. The third-order valence-corrected chi connectivity index (χ3v) is 6.45. The van der Waals surface area contributed by atoms with E-state index in [0.29, 0.717) is 13.1 Å². The van der Waals surface area contributed by atoms with Gasteiger partial charge >= 0.3 is 6.03 Å². The zero-order valence-electron chi connectivity index (χ0n) is 14.6. The van der Waals surface area contributed by atoms with Gasteiger partial charge in [0, 0.05) is 38.0 Å². The van der Waals surface area contributed by atoms with Gasteiger partial charge in [-0.3, -0.25) is 4.68 Å². The molecule has 0 spiro atoms. The number of aromatic nitrogens is 2. The number of nitrogens with zero attached hydrogens (tertiary/aromatic N) is 3. The van der Waals surface area contributed by atoms with Crippen LogP contribution in [0.1, 0.15) is 37.8 Å². The van der Waals surface area contributed by atoms with Crippen LogP contribution >= 0.6 is 0 Å². The maximum Gasteiger partial charge on any atom is 0.317 e. The Morgan fingerprint density at radius 1 is 1.48 bits per heavy atom. The summed E-state index contributed by atoms with van der Waals surface area (Å²) in [4.78, 5) is 14.2. The minimum Gasteiger partial charge on any atom is -0.378 e. The molecule has 2 unspecified atom stereocenters. The van der Waals surface area contributed by atoms with Crippen molar-refractivity contribution in [3.8, 4) is 0 Å². The normalized spacial score (nSPS) is 25.9. The molecule has 2 aliphatic rings. The van der Waals surface area contributed by atoms with Crippen molar-refractivity contribution in [3.63, 3.8) is 0 Å². The zero-order chi connectivity index (χ0) is 17.9. The maximum atomic E-state index is 12.6. The first-order chi connectivity index (χ1) is 12.0. The average Bonchev–Trinajstić information content (AvgIpc) is 3.25. The zero-order valence-corrected chi connectivity index (χ0v) is 15.4. The van der Waals surface area contributed by atoms with Crippen molar-refractivity contribution < 1.29 is 17.9 Å². The fourth-order valence-corrected chi connectivity index (χ4v) is 4.86. The molecular formula is C16H26N4O4S. The summed E-state index contributed by atoms with van der Waals surface area (Å²) in [6, 6.07) is -0.705. The van der Waals surface area contributed by atoms with E-state index >= 15 is 0 Å². The Morgan fingerprint density at radius 2 is 2.32 bits per heavy atom. The van der Waals surface area contributed by atoms with Crippen LogP contribution in [0.3, 0.4) is 0 Å². The number of nitrogens with one attached hydrogen (secondary N) is 1. The van der Waals surface area contributed by atoms with E-state index in [4.69, 9.17) is 4.74 Å². The molecule has 0 radical (unpaired) electrons. The van der Waals surface area contributed by atoms with Crippen molar-refractivity contribution in [1.82, 2.24) is 20.0 Å². The van der Waals surface area contributed by atoms with Crippen molar-refractivity contribution >= 4 is 15.9 Å². The summed E-state index contributed by atoms with van der Waals surface area (Å²) in [6.45, 7) is 4.20. The van der Waals surface area contributed by atoms with E-state index in [1.54, 1.807) is 15.8 Å². The number of rotatable bonds is 5. The number of ether oxygens (including phenoxy) is 1. The molecule has 2 saturated heterocycles. The van der Waals surface area contributed by atoms with Crippen LogP contribution in [0.15, 0.2) is 12.4 Å². The number of sulfone groups is 1. The Morgan fingerprint density at radius 3 is 3.00 bits per heavy atom. The lowest BCUT2D eigenvalue weighted by molar-refractivity contribution is 0.104. The van der Waals surface area contributed by atoms with Gasteiger partial charge < -0.3 is 15.0 Å². The number of aryl methyl sites for hydroxylation is 1. The minimum atomic E-state index is -3.16. The summed E-state index contributed by atoms with van der Waals surface area (Å²) in [5.41, 5.74) is 0.763. The van der Waals surface area contributed by atoms with E-state index in [1.807, 2.05) is 13.1 Å². The van der Waals surface area contributed by atoms with Crippen molar-refractivity contribution in [2.24, 2.45) is 0 Å². The molecule has 1 N–H and O–H groups in total. The second-order valence-electron chi connectivity index (χ2n) is 6.61. The molecule has 0 aromatic carbocycles. The third-order valence-electron chi connectivity index (χ3n) is 4.82. The Bertz CT molecular complexity index is 697. The van der Waals surface area contributed by atoms with Crippen molar-refractivity contribution in [2.45, 2.75) is 44.9 Å². The van der Waals surface area contributed by atoms with Gasteiger partial charge in [0.25, 0.3) is 0 Å². The second kappa shape index (κ2) is 7.74. The van der Waals surface area contributed by atoms with E-state index in [9.17, 15) is 13.2 Å². The molecule has 2 fully saturated rings. The van der Waals surface area contributed by atoms with Gasteiger partial charge in [-0.05, 0) is 26.2 Å². The molecule has 0 bridgehead atoms. The van der Waals surface area contributed by atoms with Gasteiger partial charge in [0.05, 0.1) is 29.8 Å². The fraction of sp³-hybridized carbons (Fsp3) is 0.750. The Balaban J connectivity index is 1.64. The largest absolute Gasteiger partial charge is 0.378 e. The van der Waals surface area contributed by atoms with Gasteiger partial charge in [-0.25, -0.2) is 13.2 Å². The Labute approximate surface area is 148 Å². The van der Waals surface area contributed by atoms with Crippen LogP contribution in [0.5, 0.6) is 0 Å². The predicted molar refractivity (Wildman–Crippen MR) is 93.0 cm³/mol. The highest BCUT2D eigenvalue weighted by atomic mass is 32.2. The monoisotopic (exact) mass is 370 g/mol. The average molecular weight is 370 g/mol. The lowest BCUT2D eigenvalue weighted by atomic mass is 10.1. The molecule has 0 saturated carbocycles. The smallest absolute Gasteiger partial charge is 0.317 e. The van der Waals surface area contributed by atoms with Crippen LogP contribution < -0.4 is 5.32 Å². The standard InChI is InChI=1S/C16H26N4O4S/c1-2-19-11-13(10-18-19)15-12-25(22,23)9-7-20(15)16(21)17-6-5-14-4-3-8-24-14/h10-11,14-15H,2-9,12H2,1H3,(H,17,21). The highest BCUT2D eigenvalue weighted by molar-refractivity contribution is 7.91. The Hall–Kier alpha value is -1.61. The van der Waals surface area contributed by atoms with Gasteiger partial charge in [-0.1, -0.05) is 0 Å². The van der Waals surface area contributed by atoms with Crippen molar-refractivity contribution in [2.75, 3.05) is 31.2 Å². The SMILES string of the molecule is CCn1cc(C2CS(=O)(=O)CCN2C(=O)NCCC2CCCO2)cn1. The van der Waals surface area contributed by atoms with Crippen LogP contribution in [0.4, 0.5) is 4.79 Å². The fourth-order valence-electron chi connectivity index (χ4n) is 3.36. The van der Waals surface area contributed by atoms with Crippen molar-refractivity contribution in [3.05, 3.63) is 18.0 Å².